The molecule has 1 aromatic rings. The van der Waals surface area contributed by atoms with E-state index < -0.39 is 30.8 Å². The maximum atomic E-state index is 12.4. The fourth-order valence-electron chi connectivity index (χ4n) is 1.83. The molecule has 0 aliphatic rings. The molecule has 134 valence electrons. The van der Waals surface area contributed by atoms with Crippen LogP contribution in [0, 0.1) is 5.92 Å². The van der Waals surface area contributed by atoms with Crippen LogP contribution in [0.2, 0.25) is 0 Å². The summed E-state index contributed by atoms with van der Waals surface area (Å²) in [7, 11) is 1.45. The zero-order chi connectivity index (χ0) is 18.3. The Morgan fingerprint density at radius 1 is 1.29 bits per heavy atom. The summed E-state index contributed by atoms with van der Waals surface area (Å²) in [6, 6.07) is 2.70. The van der Waals surface area contributed by atoms with Gasteiger partial charge in [-0.05, 0) is 18.1 Å². The summed E-state index contributed by atoms with van der Waals surface area (Å²) in [5.41, 5.74) is 0.0527. The molecule has 0 spiro atoms. The second-order valence-electron chi connectivity index (χ2n) is 5.56. The summed E-state index contributed by atoms with van der Waals surface area (Å²) in [4.78, 5) is 23.3. The molecule has 0 aliphatic carbocycles. The smallest absolute Gasteiger partial charge is 0.326 e. The molecule has 1 rings (SSSR count). The van der Waals surface area contributed by atoms with E-state index in [0.29, 0.717) is 12.4 Å². The number of hydrogen-bond donors (Lipinski definition) is 2. The Labute approximate surface area is 138 Å². The summed E-state index contributed by atoms with van der Waals surface area (Å²) >= 11 is 0. The third-order valence-corrected chi connectivity index (χ3v) is 3.02. The fraction of sp³-hybridized carbons (Fsp3) is 0.500. The number of carboxylic acid groups (broad SMARTS) is 1. The van der Waals surface area contributed by atoms with Crippen LogP contribution in [0.4, 0.5) is 8.78 Å². The molecule has 0 radical (unpaired) electrons. The summed E-state index contributed by atoms with van der Waals surface area (Å²) in [5, 5.41) is 11.0. The predicted molar refractivity (Wildman–Crippen MR) is 82.8 cm³/mol. The molecule has 1 atom stereocenters. The Kier molecular flexibility index (Phi) is 7.41. The van der Waals surface area contributed by atoms with Crippen molar-refractivity contribution in [3.8, 4) is 11.5 Å². The molecule has 8 heteroatoms. The predicted octanol–water partition coefficient (Wildman–Crippen LogP) is 2.57. The van der Waals surface area contributed by atoms with Crippen LogP contribution in [0.5, 0.6) is 11.5 Å². The molecule has 24 heavy (non-hydrogen) atoms. The van der Waals surface area contributed by atoms with Gasteiger partial charge in [0, 0.05) is 12.5 Å². The molecule has 1 amide bonds. The summed E-state index contributed by atoms with van der Waals surface area (Å²) in [5.74, 6) is -1.49. The molecule has 1 aromatic carbocycles. The van der Waals surface area contributed by atoms with Crippen molar-refractivity contribution in [2.75, 3.05) is 13.7 Å². The van der Waals surface area contributed by atoms with E-state index in [1.807, 2.05) is 13.8 Å². The monoisotopic (exact) mass is 345 g/mol. The van der Waals surface area contributed by atoms with E-state index in [1.54, 1.807) is 0 Å². The van der Waals surface area contributed by atoms with E-state index in [1.165, 1.54) is 25.3 Å². The maximum Gasteiger partial charge on any atom is 0.326 e. The minimum atomic E-state index is -2.85. The molecule has 0 fully saturated rings. The van der Waals surface area contributed by atoms with Gasteiger partial charge in [0.15, 0.2) is 0 Å². The number of carbonyl (C=O) groups is 2. The van der Waals surface area contributed by atoms with Gasteiger partial charge in [0.2, 0.25) is 6.43 Å². The van der Waals surface area contributed by atoms with Crippen molar-refractivity contribution in [3.05, 3.63) is 23.8 Å². The molecule has 0 aliphatic heterocycles. The Bertz CT molecular complexity index is 578. The lowest BCUT2D eigenvalue weighted by Gasteiger charge is -2.17. The number of nitrogens with one attached hydrogen (secondary N) is 1. The molecule has 0 saturated carbocycles. The van der Waals surface area contributed by atoms with Crippen LogP contribution in [0.25, 0.3) is 0 Å². The van der Waals surface area contributed by atoms with Gasteiger partial charge in [-0.2, -0.15) is 0 Å². The van der Waals surface area contributed by atoms with Gasteiger partial charge in [-0.25, -0.2) is 13.6 Å². The number of carbonyl (C=O) groups excluding carboxylic acids is 1. The van der Waals surface area contributed by atoms with E-state index in [4.69, 9.17) is 14.6 Å². The van der Waals surface area contributed by atoms with E-state index in [2.05, 4.69) is 5.32 Å². The van der Waals surface area contributed by atoms with E-state index >= 15 is 0 Å². The van der Waals surface area contributed by atoms with Crippen molar-refractivity contribution < 1.29 is 33.0 Å². The lowest BCUT2D eigenvalue weighted by molar-refractivity contribution is -0.140. The summed E-state index contributed by atoms with van der Waals surface area (Å²) < 4.78 is 35.5. The number of halogens is 2. The van der Waals surface area contributed by atoms with Gasteiger partial charge in [0.25, 0.3) is 5.91 Å². The largest absolute Gasteiger partial charge is 0.497 e. The number of alkyl halides is 2. The average Bonchev–Trinajstić information content (AvgIpc) is 2.51. The van der Waals surface area contributed by atoms with Gasteiger partial charge in [0.05, 0.1) is 19.3 Å². The third-order valence-electron chi connectivity index (χ3n) is 3.02. The molecule has 2 N–H and O–H groups in total. The minimum Gasteiger partial charge on any atom is -0.497 e. The van der Waals surface area contributed by atoms with Crippen LogP contribution in [0.1, 0.15) is 30.6 Å². The van der Waals surface area contributed by atoms with Crippen molar-refractivity contribution in [1.29, 1.82) is 0 Å². The molecular formula is C16H21F2NO5. The lowest BCUT2D eigenvalue weighted by atomic mass is 10.1. The number of carboxylic acids is 1. The Hall–Kier alpha value is -2.38. The van der Waals surface area contributed by atoms with Gasteiger partial charge in [0.1, 0.15) is 17.5 Å². The van der Waals surface area contributed by atoms with Crippen LogP contribution in [0.3, 0.4) is 0 Å². The number of rotatable bonds is 9. The van der Waals surface area contributed by atoms with Crippen molar-refractivity contribution in [2.24, 2.45) is 5.92 Å². The molecule has 0 saturated heterocycles. The zero-order valence-electron chi connectivity index (χ0n) is 13.7. The van der Waals surface area contributed by atoms with E-state index in [0.717, 1.165) is 0 Å². The fourth-order valence-corrected chi connectivity index (χ4v) is 1.83. The minimum absolute atomic E-state index is 0.0527. The standard InChI is InChI=1S/C16H21F2NO5/c1-9(2)8-24-13-6-10(23-3)4-5-11(13)15(20)19-12(16(21)22)7-14(17)18/h4-6,9,12,14H,7-8H2,1-3H3,(H,19,20)(H,21,22). The normalized spacial score (nSPS) is 12.1. The molecular weight excluding hydrogens is 324 g/mol. The van der Waals surface area contributed by atoms with Gasteiger partial charge in [-0.15, -0.1) is 0 Å². The Morgan fingerprint density at radius 2 is 1.96 bits per heavy atom. The van der Waals surface area contributed by atoms with Crippen LogP contribution in [-0.2, 0) is 4.79 Å². The second kappa shape index (κ2) is 9.05. The van der Waals surface area contributed by atoms with Gasteiger partial charge in [-0.1, -0.05) is 13.8 Å². The first-order valence-electron chi connectivity index (χ1n) is 7.37. The number of ether oxygens (including phenoxy) is 2. The molecule has 0 heterocycles. The highest BCUT2D eigenvalue weighted by Crippen LogP contribution is 2.25. The number of hydrogen-bond acceptors (Lipinski definition) is 4. The first-order chi connectivity index (χ1) is 11.2. The average molecular weight is 345 g/mol. The maximum absolute atomic E-state index is 12.4. The summed E-state index contributed by atoms with van der Waals surface area (Å²) in [6.45, 7) is 4.17. The summed E-state index contributed by atoms with van der Waals surface area (Å²) in [6.07, 6.45) is -3.82. The SMILES string of the molecule is COc1ccc(C(=O)NC(CC(F)F)C(=O)O)c(OCC(C)C)c1. The van der Waals surface area contributed by atoms with E-state index in [-0.39, 0.29) is 17.2 Å². The van der Waals surface area contributed by atoms with Crippen molar-refractivity contribution >= 4 is 11.9 Å². The highest BCUT2D eigenvalue weighted by Gasteiger charge is 2.26. The number of aliphatic carboxylic acids is 1. The highest BCUT2D eigenvalue weighted by molar-refractivity contribution is 5.99. The molecule has 0 bridgehead atoms. The van der Waals surface area contributed by atoms with Crippen LogP contribution >= 0.6 is 0 Å². The van der Waals surface area contributed by atoms with Crippen molar-refractivity contribution in [3.63, 3.8) is 0 Å². The van der Waals surface area contributed by atoms with Crippen LogP contribution < -0.4 is 14.8 Å². The lowest BCUT2D eigenvalue weighted by Crippen LogP contribution is -2.42. The second-order valence-corrected chi connectivity index (χ2v) is 5.56. The number of methoxy groups -OCH3 is 1. The molecule has 1 unspecified atom stereocenters. The van der Waals surface area contributed by atoms with Crippen LogP contribution in [-0.4, -0.2) is 43.2 Å². The van der Waals surface area contributed by atoms with Crippen molar-refractivity contribution in [1.82, 2.24) is 5.32 Å². The van der Waals surface area contributed by atoms with Crippen molar-refractivity contribution in [2.45, 2.75) is 32.7 Å². The number of amides is 1. The Morgan fingerprint density at radius 3 is 2.46 bits per heavy atom. The quantitative estimate of drug-likeness (QED) is 0.718. The topological polar surface area (TPSA) is 84.9 Å². The molecule has 6 nitrogen and oxygen atoms in total. The zero-order valence-corrected chi connectivity index (χ0v) is 13.7. The van der Waals surface area contributed by atoms with Gasteiger partial charge < -0.3 is 19.9 Å². The van der Waals surface area contributed by atoms with E-state index in [9.17, 15) is 18.4 Å². The Balaban J connectivity index is 3.00. The first kappa shape index (κ1) is 19.7. The third kappa shape index (κ3) is 6.02. The first-order valence-corrected chi connectivity index (χ1v) is 7.37. The van der Waals surface area contributed by atoms with Gasteiger partial charge >= 0.3 is 5.97 Å². The number of benzene rings is 1. The highest BCUT2D eigenvalue weighted by atomic mass is 19.3. The van der Waals surface area contributed by atoms with Gasteiger partial charge in [-0.3, -0.25) is 4.79 Å². The molecule has 0 aromatic heterocycles. The van der Waals surface area contributed by atoms with Crippen LogP contribution in [0.15, 0.2) is 18.2 Å².